The van der Waals surface area contributed by atoms with E-state index in [0.29, 0.717) is 12.6 Å². The Labute approximate surface area is 131 Å². The molecule has 0 aliphatic carbocycles. The molecule has 1 aromatic rings. The molecule has 0 radical (unpaired) electrons. The zero-order valence-electron chi connectivity index (χ0n) is 12.8. The van der Waals surface area contributed by atoms with Gasteiger partial charge >= 0.3 is 0 Å². The van der Waals surface area contributed by atoms with Crippen LogP contribution in [0.25, 0.3) is 0 Å². The van der Waals surface area contributed by atoms with Crippen LogP contribution in [0.2, 0.25) is 0 Å². The fourth-order valence-corrected chi connectivity index (χ4v) is 3.54. The van der Waals surface area contributed by atoms with Crippen molar-refractivity contribution in [1.82, 2.24) is 9.80 Å². The van der Waals surface area contributed by atoms with Gasteiger partial charge in [0.1, 0.15) is 0 Å². The van der Waals surface area contributed by atoms with Gasteiger partial charge in [-0.25, -0.2) is 0 Å². The van der Waals surface area contributed by atoms with Gasteiger partial charge in [-0.2, -0.15) is 0 Å². The largest absolute Gasteiger partial charge is 0.329 e. The highest BCUT2D eigenvalue weighted by Crippen LogP contribution is 2.25. The molecule has 1 saturated heterocycles. The topological polar surface area (TPSA) is 32.5 Å². The molecule has 0 amide bonds. The van der Waals surface area contributed by atoms with E-state index in [-0.39, 0.29) is 5.54 Å². The second kappa shape index (κ2) is 6.56. The first kappa shape index (κ1) is 16.0. The summed E-state index contributed by atoms with van der Waals surface area (Å²) in [7, 11) is 2.20. The Morgan fingerprint density at radius 1 is 1.30 bits per heavy atom. The number of benzene rings is 1. The Balaban J connectivity index is 2.13. The zero-order chi connectivity index (χ0) is 14.8. The number of nitrogens with two attached hydrogens (primary N) is 1. The maximum Gasteiger partial charge on any atom is 0.0347 e. The Bertz CT molecular complexity index is 434. The molecule has 0 aromatic heterocycles. The van der Waals surface area contributed by atoms with E-state index in [1.54, 1.807) is 0 Å². The fraction of sp³-hybridized carbons (Fsp3) is 0.625. The molecule has 1 aliphatic heterocycles. The Morgan fingerprint density at radius 3 is 2.50 bits per heavy atom. The molecular weight excluding hydrogens is 314 g/mol. The summed E-state index contributed by atoms with van der Waals surface area (Å²) in [5.74, 6) is 0. The van der Waals surface area contributed by atoms with Gasteiger partial charge in [0.05, 0.1) is 0 Å². The van der Waals surface area contributed by atoms with Gasteiger partial charge in [0.2, 0.25) is 0 Å². The van der Waals surface area contributed by atoms with Crippen molar-refractivity contribution in [3.05, 3.63) is 34.3 Å². The van der Waals surface area contributed by atoms with Crippen molar-refractivity contribution < 1.29 is 0 Å². The monoisotopic (exact) mass is 339 g/mol. The molecule has 0 spiro atoms. The third kappa shape index (κ3) is 3.61. The molecule has 112 valence electrons. The molecule has 1 fully saturated rings. The highest BCUT2D eigenvalue weighted by molar-refractivity contribution is 9.10. The van der Waals surface area contributed by atoms with Gasteiger partial charge in [-0.1, -0.05) is 28.1 Å². The highest BCUT2D eigenvalue weighted by Gasteiger charge is 2.36. The molecule has 0 bridgehead atoms. The lowest BCUT2D eigenvalue weighted by atomic mass is 9.88. The number of piperazine rings is 1. The van der Waals surface area contributed by atoms with E-state index in [2.05, 4.69) is 70.9 Å². The molecule has 2 atom stereocenters. The van der Waals surface area contributed by atoms with Crippen LogP contribution < -0.4 is 5.73 Å². The van der Waals surface area contributed by atoms with Crippen molar-refractivity contribution in [2.75, 3.05) is 33.2 Å². The minimum Gasteiger partial charge on any atom is -0.329 e. The standard InChI is InChI=1S/C16H26BrN3/c1-13-11-19(3)8-9-20(13)16(2,12-18)10-14-4-6-15(17)7-5-14/h4-7,13H,8-12,18H2,1-3H3. The summed E-state index contributed by atoms with van der Waals surface area (Å²) in [6, 6.07) is 9.16. The predicted octanol–water partition coefficient (Wildman–Crippen LogP) is 2.34. The van der Waals surface area contributed by atoms with E-state index >= 15 is 0 Å². The molecular formula is C16H26BrN3. The van der Waals surface area contributed by atoms with Gasteiger partial charge in [-0.15, -0.1) is 0 Å². The van der Waals surface area contributed by atoms with Crippen LogP contribution in [-0.4, -0.2) is 54.6 Å². The average Bonchev–Trinajstić information content (AvgIpc) is 2.41. The van der Waals surface area contributed by atoms with Gasteiger partial charge in [-0.05, 0) is 45.0 Å². The molecule has 2 N–H and O–H groups in total. The highest BCUT2D eigenvalue weighted by atomic mass is 79.9. The molecule has 20 heavy (non-hydrogen) atoms. The third-order valence-electron chi connectivity index (χ3n) is 4.46. The number of hydrogen-bond acceptors (Lipinski definition) is 3. The molecule has 1 heterocycles. The second-order valence-corrected chi connectivity index (χ2v) is 7.22. The lowest BCUT2D eigenvalue weighted by molar-refractivity contribution is 0.0128. The number of likely N-dealkylation sites (N-methyl/N-ethyl adjacent to an activating group) is 1. The van der Waals surface area contributed by atoms with E-state index in [9.17, 15) is 0 Å². The predicted molar refractivity (Wildman–Crippen MR) is 89.0 cm³/mol. The minimum absolute atomic E-state index is 0.0362. The normalized spacial score (nSPS) is 24.6. The smallest absolute Gasteiger partial charge is 0.0347 e. The summed E-state index contributed by atoms with van der Waals surface area (Å²) in [4.78, 5) is 4.99. The summed E-state index contributed by atoms with van der Waals surface area (Å²) < 4.78 is 1.13. The maximum atomic E-state index is 6.15. The summed E-state index contributed by atoms with van der Waals surface area (Å²) in [6.45, 7) is 8.65. The minimum atomic E-state index is 0.0362. The summed E-state index contributed by atoms with van der Waals surface area (Å²) in [5.41, 5.74) is 7.54. The van der Waals surface area contributed by atoms with Crippen molar-refractivity contribution in [3.8, 4) is 0 Å². The number of halogens is 1. The van der Waals surface area contributed by atoms with Crippen molar-refractivity contribution in [2.24, 2.45) is 5.73 Å². The zero-order valence-corrected chi connectivity index (χ0v) is 14.4. The Hall–Kier alpha value is -0.420. The van der Waals surface area contributed by atoms with Crippen LogP contribution in [-0.2, 0) is 6.42 Å². The average molecular weight is 340 g/mol. The van der Waals surface area contributed by atoms with Gasteiger partial charge in [0.25, 0.3) is 0 Å². The molecule has 2 rings (SSSR count). The van der Waals surface area contributed by atoms with Crippen LogP contribution in [0.4, 0.5) is 0 Å². The van der Waals surface area contributed by atoms with E-state index in [4.69, 9.17) is 5.73 Å². The molecule has 3 nitrogen and oxygen atoms in total. The van der Waals surface area contributed by atoms with Crippen LogP contribution >= 0.6 is 15.9 Å². The number of hydrogen-bond donors (Lipinski definition) is 1. The van der Waals surface area contributed by atoms with Crippen molar-refractivity contribution in [1.29, 1.82) is 0 Å². The van der Waals surface area contributed by atoms with Crippen molar-refractivity contribution in [3.63, 3.8) is 0 Å². The van der Waals surface area contributed by atoms with Crippen LogP contribution in [0.15, 0.2) is 28.7 Å². The van der Waals surface area contributed by atoms with E-state index in [0.717, 1.165) is 30.5 Å². The van der Waals surface area contributed by atoms with Crippen LogP contribution in [0.3, 0.4) is 0 Å². The Kier molecular flexibility index (Phi) is 5.24. The fourth-order valence-electron chi connectivity index (χ4n) is 3.27. The molecule has 0 saturated carbocycles. The van der Waals surface area contributed by atoms with Gasteiger partial charge in [-0.3, -0.25) is 4.90 Å². The first-order chi connectivity index (χ1) is 9.44. The van der Waals surface area contributed by atoms with E-state index in [1.807, 2.05) is 0 Å². The van der Waals surface area contributed by atoms with Gasteiger partial charge in [0.15, 0.2) is 0 Å². The number of nitrogens with zero attached hydrogens (tertiary/aromatic N) is 2. The lowest BCUT2D eigenvalue weighted by Gasteiger charge is -2.49. The van der Waals surface area contributed by atoms with Gasteiger partial charge in [0, 0.05) is 42.2 Å². The van der Waals surface area contributed by atoms with Crippen LogP contribution in [0, 0.1) is 0 Å². The van der Waals surface area contributed by atoms with Crippen LogP contribution in [0.1, 0.15) is 19.4 Å². The van der Waals surface area contributed by atoms with Crippen molar-refractivity contribution >= 4 is 15.9 Å². The maximum absolute atomic E-state index is 6.15. The van der Waals surface area contributed by atoms with Crippen molar-refractivity contribution in [2.45, 2.75) is 31.8 Å². The first-order valence-corrected chi connectivity index (χ1v) is 8.14. The lowest BCUT2D eigenvalue weighted by Crippen LogP contribution is -2.62. The molecule has 1 aliphatic rings. The van der Waals surface area contributed by atoms with Crippen LogP contribution in [0.5, 0.6) is 0 Å². The summed E-state index contributed by atoms with van der Waals surface area (Å²) >= 11 is 3.49. The third-order valence-corrected chi connectivity index (χ3v) is 4.99. The second-order valence-electron chi connectivity index (χ2n) is 6.31. The van der Waals surface area contributed by atoms with Gasteiger partial charge < -0.3 is 10.6 Å². The first-order valence-electron chi connectivity index (χ1n) is 7.34. The quantitative estimate of drug-likeness (QED) is 0.913. The molecule has 4 heteroatoms. The molecule has 2 unspecified atom stereocenters. The number of rotatable bonds is 4. The summed E-state index contributed by atoms with van der Waals surface area (Å²) in [6.07, 6.45) is 1.00. The van der Waals surface area contributed by atoms with E-state index in [1.165, 1.54) is 5.56 Å². The van der Waals surface area contributed by atoms with E-state index < -0.39 is 0 Å². The molecule has 1 aromatic carbocycles. The summed E-state index contributed by atoms with van der Waals surface area (Å²) in [5, 5.41) is 0. The SMILES string of the molecule is CC1CN(C)CCN1C(C)(CN)Cc1ccc(Br)cc1. The Morgan fingerprint density at radius 2 is 1.95 bits per heavy atom.